The van der Waals surface area contributed by atoms with E-state index in [0.29, 0.717) is 5.76 Å². The van der Waals surface area contributed by atoms with Crippen molar-refractivity contribution in [3.8, 4) is 0 Å². The summed E-state index contributed by atoms with van der Waals surface area (Å²) < 4.78 is 5.29. The van der Waals surface area contributed by atoms with Crippen molar-refractivity contribution in [3.63, 3.8) is 0 Å². The van der Waals surface area contributed by atoms with Crippen LogP contribution in [0.3, 0.4) is 0 Å². The summed E-state index contributed by atoms with van der Waals surface area (Å²) in [7, 11) is 0. The second-order valence-electron chi connectivity index (χ2n) is 5.09. The van der Waals surface area contributed by atoms with Gasteiger partial charge in [0, 0.05) is 4.90 Å². The Kier molecular flexibility index (Phi) is 6.61. The van der Waals surface area contributed by atoms with Gasteiger partial charge in [-0.3, -0.25) is 4.79 Å². The molecule has 0 saturated heterocycles. The van der Waals surface area contributed by atoms with Gasteiger partial charge in [0.15, 0.2) is 0 Å². The molecule has 1 atom stereocenters. The number of thioether (sulfide) groups is 1. The molecule has 0 radical (unpaired) electrons. The second-order valence-corrected chi connectivity index (χ2v) is 6.31. The summed E-state index contributed by atoms with van der Waals surface area (Å²) >= 11 is 1.53. The minimum atomic E-state index is -0.229. The van der Waals surface area contributed by atoms with Crippen LogP contribution in [0.2, 0.25) is 0 Å². The molecule has 0 N–H and O–H groups in total. The highest BCUT2D eigenvalue weighted by Gasteiger charge is 2.26. The minimum absolute atomic E-state index is 0.172. The van der Waals surface area contributed by atoms with Crippen molar-refractivity contribution in [2.45, 2.75) is 49.2 Å². The molecule has 112 valence electrons. The molecule has 1 aromatic carbocycles. The molecule has 2 rings (SSSR count). The number of carbonyl (C=O) groups is 1. The number of hydrogen-bond acceptors (Lipinski definition) is 3. The number of carbonyl (C=O) groups excluding carboxylic acids is 1. The normalized spacial score (nSPS) is 18.0. The van der Waals surface area contributed by atoms with Gasteiger partial charge < -0.3 is 4.74 Å². The number of allylic oxidation sites excluding steroid dienone is 2. The number of hydrogen-bond donors (Lipinski definition) is 0. The Balaban J connectivity index is 1.81. The molecular formula is C18H22O2S. The predicted octanol–water partition coefficient (Wildman–Crippen LogP) is 5.11. The molecule has 3 heteroatoms. The molecule has 0 spiro atoms. The van der Waals surface area contributed by atoms with E-state index in [1.807, 2.05) is 42.5 Å². The summed E-state index contributed by atoms with van der Waals surface area (Å²) in [6, 6.07) is 9.94. The van der Waals surface area contributed by atoms with Crippen molar-refractivity contribution in [2.24, 2.45) is 0 Å². The smallest absolute Gasteiger partial charge is 0.328 e. The number of cyclic esters (lactones) is 1. The zero-order valence-electron chi connectivity index (χ0n) is 12.5. The number of unbranched alkanes of at least 4 members (excludes halogenated alkanes) is 4. The van der Waals surface area contributed by atoms with Gasteiger partial charge in [-0.1, -0.05) is 50.5 Å². The van der Waals surface area contributed by atoms with Crippen LogP contribution in [0.15, 0.2) is 59.2 Å². The first-order chi connectivity index (χ1) is 10.3. The second kappa shape index (κ2) is 8.73. The molecular weight excluding hydrogens is 280 g/mol. The van der Waals surface area contributed by atoms with E-state index >= 15 is 0 Å². The van der Waals surface area contributed by atoms with Crippen molar-refractivity contribution in [2.75, 3.05) is 0 Å². The van der Waals surface area contributed by atoms with Crippen molar-refractivity contribution >= 4 is 17.7 Å². The van der Waals surface area contributed by atoms with Gasteiger partial charge >= 0.3 is 5.97 Å². The Bertz CT molecular complexity index is 505. The quantitative estimate of drug-likeness (QED) is 0.493. The highest BCUT2D eigenvalue weighted by molar-refractivity contribution is 8.00. The molecule has 1 aliphatic heterocycles. The lowest BCUT2D eigenvalue weighted by Gasteiger charge is -2.03. The standard InChI is InChI=1S/C18H22O2S/c1-2-3-4-5-6-8-11-15-14-17(18(19)20-15)21-16-12-9-7-10-13-16/h7-14,17H,2-6H2,1H3/b11-8+. The Morgan fingerprint density at radius 2 is 2.00 bits per heavy atom. The predicted molar refractivity (Wildman–Crippen MR) is 88.2 cm³/mol. The SMILES string of the molecule is CCCCCC/C=C/C1=CC(Sc2ccccc2)C(=O)O1. The van der Waals surface area contributed by atoms with Crippen LogP contribution in [0.25, 0.3) is 0 Å². The fourth-order valence-electron chi connectivity index (χ4n) is 2.13. The van der Waals surface area contributed by atoms with E-state index in [1.54, 1.807) is 0 Å². The third-order valence-corrected chi connectivity index (χ3v) is 4.41. The maximum atomic E-state index is 11.8. The average Bonchev–Trinajstić information content (AvgIpc) is 2.84. The number of esters is 1. The van der Waals surface area contributed by atoms with Gasteiger partial charge in [-0.25, -0.2) is 0 Å². The van der Waals surface area contributed by atoms with Gasteiger partial charge in [0.25, 0.3) is 0 Å². The summed E-state index contributed by atoms with van der Waals surface area (Å²) in [5.41, 5.74) is 0. The topological polar surface area (TPSA) is 26.3 Å². The molecule has 0 saturated carbocycles. The van der Waals surface area contributed by atoms with Crippen molar-refractivity contribution in [1.29, 1.82) is 0 Å². The van der Waals surface area contributed by atoms with Gasteiger partial charge in [0.1, 0.15) is 11.0 Å². The van der Waals surface area contributed by atoms with E-state index in [-0.39, 0.29) is 11.2 Å². The molecule has 1 aromatic rings. The number of benzene rings is 1. The molecule has 0 aromatic heterocycles. The first-order valence-electron chi connectivity index (χ1n) is 7.61. The molecule has 1 unspecified atom stereocenters. The van der Waals surface area contributed by atoms with Crippen molar-refractivity contribution < 1.29 is 9.53 Å². The number of ether oxygens (including phenoxy) is 1. The van der Waals surface area contributed by atoms with Crippen LogP contribution >= 0.6 is 11.8 Å². The summed E-state index contributed by atoms with van der Waals surface area (Å²) in [4.78, 5) is 12.9. The molecule has 2 nitrogen and oxygen atoms in total. The lowest BCUT2D eigenvalue weighted by Crippen LogP contribution is -2.09. The van der Waals surface area contributed by atoms with Crippen LogP contribution in [-0.4, -0.2) is 11.2 Å². The van der Waals surface area contributed by atoms with Crippen molar-refractivity contribution in [1.82, 2.24) is 0 Å². The van der Waals surface area contributed by atoms with E-state index < -0.39 is 0 Å². The lowest BCUT2D eigenvalue weighted by molar-refractivity contribution is -0.135. The van der Waals surface area contributed by atoms with Gasteiger partial charge in [0.05, 0.1) is 0 Å². The monoisotopic (exact) mass is 302 g/mol. The minimum Gasteiger partial charge on any atom is -0.426 e. The van der Waals surface area contributed by atoms with E-state index in [9.17, 15) is 4.79 Å². The zero-order valence-corrected chi connectivity index (χ0v) is 13.3. The average molecular weight is 302 g/mol. The molecule has 0 fully saturated rings. The summed E-state index contributed by atoms with van der Waals surface area (Å²) in [6.07, 6.45) is 12.0. The number of rotatable bonds is 8. The first-order valence-corrected chi connectivity index (χ1v) is 8.49. The van der Waals surface area contributed by atoms with Crippen LogP contribution in [0.5, 0.6) is 0 Å². The summed E-state index contributed by atoms with van der Waals surface area (Å²) in [5.74, 6) is 0.512. The van der Waals surface area contributed by atoms with E-state index in [4.69, 9.17) is 4.74 Å². The van der Waals surface area contributed by atoms with Crippen LogP contribution in [0.4, 0.5) is 0 Å². The maximum absolute atomic E-state index is 11.8. The van der Waals surface area contributed by atoms with Gasteiger partial charge in [0.2, 0.25) is 0 Å². The van der Waals surface area contributed by atoms with Gasteiger partial charge in [-0.15, -0.1) is 11.8 Å². The zero-order chi connectivity index (χ0) is 14.9. The van der Waals surface area contributed by atoms with E-state index in [1.165, 1.54) is 37.4 Å². The lowest BCUT2D eigenvalue weighted by atomic mass is 10.1. The molecule has 0 bridgehead atoms. The molecule has 1 heterocycles. The molecule has 1 aliphatic rings. The Morgan fingerprint density at radius 1 is 1.19 bits per heavy atom. The van der Waals surface area contributed by atoms with Crippen molar-refractivity contribution in [3.05, 3.63) is 54.3 Å². The third kappa shape index (κ3) is 5.43. The van der Waals surface area contributed by atoms with Crippen LogP contribution in [0.1, 0.15) is 39.0 Å². The Morgan fingerprint density at radius 3 is 2.76 bits per heavy atom. The molecule has 0 amide bonds. The maximum Gasteiger partial charge on any atom is 0.328 e. The van der Waals surface area contributed by atoms with Crippen LogP contribution < -0.4 is 0 Å². The van der Waals surface area contributed by atoms with Gasteiger partial charge in [-0.2, -0.15) is 0 Å². The third-order valence-electron chi connectivity index (χ3n) is 3.28. The largest absolute Gasteiger partial charge is 0.426 e. The van der Waals surface area contributed by atoms with E-state index in [2.05, 4.69) is 13.0 Å². The Hall–Kier alpha value is -1.48. The highest BCUT2D eigenvalue weighted by atomic mass is 32.2. The fraction of sp³-hybridized carbons (Fsp3) is 0.389. The Labute approximate surface area is 131 Å². The van der Waals surface area contributed by atoms with Crippen LogP contribution in [0, 0.1) is 0 Å². The summed E-state index contributed by atoms with van der Waals surface area (Å²) in [5, 5.41) is -0.229. The van der Waals surface area contributed by atoms with E-state index in [0.717, 1.165) is 11.3 Å². The van der Waals surface area contributed by atoms with Gasteiger partial charge in [-0.05, 0) is 37.1 Å². The molecule has 0 aliphatic carbocycles. The first kappa shape index (κ1) is 15.9. The fourth-order valence-corrected chi connectivity index (χ4v) is 3.09. The highest BCUT2D eigenvalue weighted by Crippen LogP contribution is 2.30. The summed E-state index contributed by atoms with van der Waals surface area (Å²) in [6.45, 7) is 2.21. The molecule has 21 heavy (non-hydrogen) atoms. The van der Waals surface area contributed by atoms with Crippen LogP contribution in [-0.2, 0) is 9.53 Å².